The molecule has 0 radical (unpaired) electrons. The highest BCUT2D eigenvalue weighted by atomic mass is 16.3. The number of hydrogen-bond acceptors (Lipinski definition) is 4. The summed E-state index contributed by atoms with van der Waals surface area (Å²) in [4.78, 5) is 15.0. The summed E-state index contributed by atoms with van der Waals surface area (Å²) in [7, 11) is 0. The van der Waals surface area contributed by atoms with Gasteiger partial charge >= 0.3 is 0 Å². The summed E-state index contributed by atoms with van der Waals surface area (Å²) in [5.74, 6) is 1.90. The van der Waals surface area contributed by atoms with E-state index in [4.69, 9.17) is 19.4 Å². The molecule has 0 atom stereocenters. The molecule has 5 nitrogen and oxygen atoms in total. The normalized spacial score (nSPS) is 11.6. The third kappa shape index (κ3) is 5.29. The maximum atomic E-state index is 6.30. The van der Waals surface area contributed by atoms with Gasteiger partial charge in [-0.1, -0.05) is 158 Å². The van der Waals surface area contributed by atoms with E-state index >= 15 is 0 Å². The third-order valence-corrected chi connectivity index (χ3v) is 10.7. The molecule has 0 fully saturated rings. The van der Waals surface area contributed by atoms with E-state index in [9.17, 15) is 0 Å². The van der Waals surface area contributed by atoms with Gasteiger partial charge in [-0.15, -0.1) is 0 Å². The first-order valence-electron chi connectivity index (χ1n) is 18.8. The molecule has 11 aromatic rings. The Hall–Kier alpha value is -7.63. The Morgan fingerprint density at radius 2 is 0.893 bits per heavy atom. The van der Waals surface area contributed by atoms with Crippen LogP contribution >= 0.6 is 0 Å². The van der Waals surface area contributed by atoms with E-state index in [1.807, 2.05) is 72.8 Å². The van der Waals surface area contributed by atoms with Gasteiger partial charge in [-0.05, 0) is 58.7 Å². The lowest BCUT2D eigenvalue weighted by Crippen LogP contribution is -2.01. The van der Waals surface area contributed by atoms with E-state index in [2.05, 4.69) is 126 Å². The fraction of sp³-hybridized carbons (Fsp3) is 0. The van der Waals surface area contributed by atoms with Crippen LogP contribution in [0, 0.1) is 0 Å². The van der Waals surface area contributed by atoms with Crippen LogP contribution in [0.15, 0.2) is 199 Å². The highest BCUT2D eigenvalue weighted by Gasteiger charge is 2.19. The Morgan fingerprint density at radius 3 is 1.66 bits per heavy atom. The van der Waals surface area contributed by atoms with Gasteiger partial charge < -0.3 is 8.98 Å². The molecule has 8 aromatic carbocycles. The summed E-state index contributed by atoms with van der Waals surface area (Å²) < 4.78 is 8.66. The van der Waals surface area contributed by atoms with Crippen LogP contribution in [-0.2, 0) is 0 Å². The van der Waals surface area contributed by atoms with Crippen molar-refractivity contribution in [3.8, 4) is 62.1 Å². The number of para-hydroxylation sites is 2. The van der Waals surface area contributed by atoms with Gasteiger partial charge in [0, 0.05) is 43.9 Å². The molecular weight excluding hydrogens is 685 g/mol. The molecule has 0 aliphatic rings. The van der Waals surface area contributed by atoms with Crippen molar-refractivity contribution in [2.75, 3.05) is 0 Å². The van der Waals surface area contributed by atoms with Gasteiger partial charge in [-0.2, -0.15) is 0 Å². The number of benzene rings is 8. The highest BCUT2D eigenvalue weighted by molar-refractivity contribution is 6.14. The van der Waals surface area contributed by atoms with Crippen molar-refractivity contribution in [3.05, 3.63) is 194 Å². The van der Waals surface area contributed by atoms with E-state index in [0.717, 1.165) is 77.6 Å². The van der Waals surface area contributed by atoms with Crippen molar-refractivity contribution in [3.63, 3.8) is 0 Å². The number of fused-ring (bicyclic) bond motifs is 6. The van der Waals surface area contributed by atoms with E-state index in [0.29, 0.717) is 17.5 Å². The van der Waals surface area contributed by atoms with Crippen LogP contribution in [0.2, 0.25) is 0 Å². The van der Waals surface area contributed by atoms with Gasteiger partial charge in [0.25, 0.3) is 0 Å². The smallest absolute Gasteiger partial charge is 0.164 e. The van der Waals surface area contributed by atoms with Crippen LogP contribution in [0.4, 0.5) is 0 Å². The topological polar surface area (TPSA) is 56.7 Å². The molecule has 5 heteroatoms. The first kappa shape index (κ1) is 31.9. The molecule has 0 N–H and O–H groups in total. The van der Waals surface area contributed by atoms with Gasteiger partial charge in [-0.25, -0.2) is 15.0 Å². The minimum atomic E-state index is 0.621. The zero-order valence-electron chi connectivity index (χ0n) is 30.2. The van der Waals surface area contributed by atoms with Crippen molar-refractivity contribution >= 4 is 43.7 Å². The number of hydrogen-bond donors (Lipinski definition) is 0. The Balaban J connectivity index is 1.09. The molecule has 56 heavy (non-hydrogen) atoms. The number of nitrogens with zero attached hydrogens (tertiary/aromatic N) is 4. The highest BCUT2D eigenvalue weighted by Crippen LogP contribution is 2.42. The molecule has 3 heterocycles. The van der Waals surface area contributed by atoms with E-state index in [1.165, 1.54) is 10.8 Å². The minimum Gasteiger partial charge on any atom is -0.456 e. The molecule has 0 spiro atoms. The van der Waals surface area contributed by atoms with Crippen LogP contribution in [-0.4, -0.2) is 19.5 Å². The van der Waals surface area contributed by atoms with E-state index in [1.54, 1.807) is 0 Å². The fourth-order valence-corrected chi connectivity index (χ4v) is 8.11. The largest absolute Gasteiger partial charge is 0.456 e. The maximum Gasteiger partial charge on any atom is 0.164 e. The van der Waals surface area contributed by atoms with Gasteiger partial charge in [0.2, 0.25) is 0 Å². The molecule has 0 amide bonds. The minimum absolute atomic E-state index is 0.621. The molecule has 0 bridgehead atoms. The van der Waals surface area contributed by atoms with Gasteiger partial charge in [-0.3, -0.25) is 0 Å². The van der Waals surface area contributed by atoms with E-state index in [-0.39, 0.29) is 0 Å². The number of rotatable bonds is 6. The van der Waals surface area contributed by atoms with Gasteiger partial charge in [0.05, 0.1) is 11.0 Å². The molecule has 11 rings (SSSR count). The van der Waals surface area contributed by atoms with Crippen molar-refractivity contribution in [2.24, 2.45) is 0 Å². The monoisotopic (exact) mass is 716 g/mol. The molecule has 3 aromatic heterocycles. The first-order chi connectivity index (χ1) is 27.8. The van der Waals surface area contributed by atoms with Gasteiger partial charge in [0.1, 0.15) is 11.2 Å². The summed E-state index contributed by atoms with van der Waals surface area (Å²) in [5, 5.41) is 4.63. The lowest BCUT2D eigenvalue weighted by Gasteiger charge is -2.14. The van der Waals surface area contributed by atoms with Crippen LogP contribution in [0.5, 0.6) is 0 Å². The average molecular weight is 717 g/mol. The van der Waals surface area contributed by atoms with Crippen LogP contribution in [0.25, 0.3) is 106 Å². The lowest BCUT2D eigenvalue weighted by molar-refractivity contribution is 0.669. The Kier molecular flexibility index (Phi) is 7.42. The summed E-state index contributed by atoms with van der Waals surface area (Å²) in [6.07, 6.45) is 0. The summed E-state index contributed by atoms with van der Waals surface area (Å²) >= 11 is 0. The van der Waals surface area contributed by atoms with Crippen molar-refractivity contribution in [1.82, 2.24) is 19.5 Å². The number of aromatic nitrogens is 4. The van der Waals surface area contributed by atoms with E-state index < -0.39 is 0 Å². The second-order valence-electron chi connectivity index (χ2n) is 14.0. The predicted molar refractivity (Wildman–Crippen MR) is 229 cm³/mol. The quantitative estimate of drug-likeness (QED) is 0.172. The van der Waals surface area contributed by atoms with Crippen molar-refractivity contribution in [2.45, 2.75) is 0 Å². The first-order valence-corrected chi connectivity index (χ1v) is 18.8. The number of furan rings is 1. The Morgan fingerprint density at radius 1 is 0.339 bits per heavy atom. The Labute approximate surface area is 322 Å². The molecule has 0 aliphatic carbocycles. The van der Waals surface area contributed by atoms with Crippen LogP contribution < -0.4 is 0 Å². The van der Waals surface area contributed by atoms with Gasteiger partial charge in [0.15, 0.2) is 17.5 Å². The second-order valence-corrected chi connectivity index (χ2v) is 14.0. The van der Waals surface area contributed by atoms with Crippen LogP contribution in [0.3, 0.4) is 0 Å². The predicted octanol–water partition coefficient (Wildman–Crippen LogP) is 13.2. The fourth-order valence-electron chi connectivity index (χ4n) is 8.11. The second kappa shape index (κ2) is 13.0. The molecule has 0 aliphatic heterocycles. The molecule has 0 saturated carbocycles. The van der Waals surface area contributed by atoms with Crippen molar-refractivity contribution < 1.29 is 4.42 Å². The zero-order chi connectivity index (χ0) is 37.0. The summed E-state index contributed by atoms with van der Waals surface area (Å²) in [6, 6.07) is 67.5. The van der Waals surface area contributed by atoms with Crippen molar-refractivity contribution in [1.29, 1.82) is 0 Å². The third-order valence-electron chi connectivity index (χ3n) is 10.7. The summed E-state index contributed by atoms with van der Waals surface area (Å²) in [5.41, 5.74) is 12.5. The summed E-state index contributed by atoms with van der Waals surface area (Å²) in [6.45, 7) is 0. The molecular formula is C51H32N4O. The SMILES string of the molecule is c1ccc(-c2nc(-c3ccccc3)nc(-c3cccc(-n4c5ccccc5c5ccc(-c6ccccc6-c6cccc7oc8ccccc8c67)cc54)c3)n2)cc1. The maximum absolute atomic E-state index is 6.30. The average Bonchev–Trinajstić information content (AvgIpc) is 3.83. The molecule has 0 unspecified atom stereocenters. The standard InChI is InChI=1S/C51H32N4O/c1-3-15-33(16-4-1)49-52-50(34-17-5-2-6-18-34)54-51(53-49)36-19-13-20-37(31-36)55-44-26-11-9-23-40(44)41-30-29-35(32-45(41)55)38-21-7-8-22-39(38)42-25-14-28-47-48(42)43-24-10-12-27-46(43)56-47/h1-32H. The lowest BCUT2D eigenvalue weighted by atomic mass is 9.91. The molecule has 262 valence electrons. The molecule has 0 saturated heterocycles. The Bertz CT molecular complexity index is 3200. The zero-order valence-corrected chi connectivity index (χ0v) is 30.2. The van der Waals surface area contributed by atoms with Crippen LogP contribution in [0.1, 0.15) is 0 Å².